The minimum absolute atomic E-state index is 0.0606. The first kappa shape index (κ1) is 55.2. The fraction of sp³-hybridized carbons (Fsp3) is 0.111. The fourth-order valence-corrected chi connectivity index (χ4v) is 20.9. The Balaban J connectivity index is 0.000000335. The Labute approximate surface area is 367 Å². The average molecular weight is 1120 g/mol. The van der Waals surface area contributed by atoms with Crippen molar-refractivity contribution in [2.24, 2.45) is 0 Å². The SMILES string of the molecule is O=S(=O)(O)c1cccc(PCCPc2cccc(S(=O)(=O)O)c2S(=O)(=O)O)c1S(=O)(=O)O.O=S(=O)(O)c1cccc(PCPc2cccc(S(=O)(=O)O)c2S(=O)(=O)O)c1S(=O)(=O)O. The zero-order valence-corrected chi connectivity index (χ0v) is 41.0. The lowest BCUT2D eigenvalue weighted by atomic mass is 10.4. The molecule has 4 aromatic carbocycles. The molecule has 0 saturated heterocycles. The highest BCUT2D eigenvalue weighted by atomic mass is 32.3. The summed E-state index contributed by atoms with van der Waals surface area (Å²) in [7, 11) is -42.1. The summed E-state index contributed by atoms with van der Waals surface area (Å²) in [5.74, 6) is -0.0606. The highest BCUT2D eigenvalue weighted by Crippen LogP contribution is 2.33. The van der Waals surface area contributed by atoms with Crippen molar-refractivity contribution in [1.29, 1.82) is 0 Å². The monoisotopic (exact) mass is 1120 g/mol. The highest BCUT2D eigenvalue weighted by Gasteiger charge is 2.31. The molecule has 0 bridgehead atoms. The molecule has 4 atom stereocenters. The Morgan fingerprint density at radius 2 is 0.476 bits per heavy atom. The molecule has 0 aliphatic rings. The predicted molar refractivity (Wildman–Crippen MR) is 231 cm³/mol. The van der Waals surface area contributed by atoms with Gasteiger partial charge in [0.1, 0.15) is 39.2 Å². The van der Waals surface area contributed by atoms with Crippen LogP contribution in [-0.2, 0) is 80.9 Å². The van der Waals surface area contributed by atoms with Crippen LogP contribution in [0.15, 0.2) is 112 Å². The maximum atomic E-state index is 11.7. The van der Waals surface area contributed by atoms with Gasteiger partial charge < -0.3 is 0 Å². The van der Waals surface area contributed by atoms with Crippen LogP contribution in [0.5, 0.6) is 0 Å². The van der Waals surface area contributed by atoms with Gasteiger partial charge in [0.2, 0.25) is 0 Å². The molecule has 0 saturated carbocycles. The van der Waals surface area contributed by atoms with Crippen molar-refractivity contribution < 1.29 is 104 Å². The summed E-state index contributed by atoms with van der Waals surface area (Å²) in [5, 5.41) is -0.586. The third-order valence-corrected chi connectivity index (χ3v) is 22.1. The number of rotatable bonds is 17. The molecule has 0 aliphatic carbocycles. The Morgan fingerprint density at radius 3 is 0.651 bits per heavy atom. The van der Waals surface area contributed by atoms with Crippen LogP contribution in [0.2, 0.25) is 0 Å². The molecule has 0 heterocycles. The van der Waals surface area contributed by atoms with Gasteiger partial charge in [-0.15, -0.1) is 0 Å². The minimum Gasteiger partial charge on any atom is -0.282 e. The molecule has 0 radical (unpaired) electrons. The van der Waals surface area contributed by atoms with Crippen molar-refractivity contribution >= 4 is 136 Å². The van der Waals surface area contributed by atoms with Gasteiger partial charge in [-0.1, -0.05) is 82.9 Å². The van der Waals surface area contributed by atoms with Crippen LogP contribution >= 0.6 is 34.3 Å². The van der Waals surface area contributed by atoms with Crippen molar-refractivity contribution in [3.63, 3.8) is 0 Å². The normalized spacial score (nSPS) is 14.0. The van der Waals surface area contributed by atoms with Crippen LogP contribution in [0.1, 0.15) is 0 Å². The van der Waals surface area contributed by atoms with E-state index in [1.807, 2.05) is 0 Å². The standard InChI is InChI=1S/C14H16O12P2S4.C13H14O12P2S4/c15-29(16,17)11-5-1-3-9(13(11)31(21,22)23)27-7-8-28-10-4-2-6-12(30(18,19)20)14(10)32(24,25)26;14-28(15,16)10-5-1-3-8(12(10)30(20,21)22)26-7-27-9-4-2-6-11(29(17,18)19)13(9)31(23,24)25/h1-6,27-28H,7-8H2,(H,15,16,17)(H,18,19,20)(H,21,22,23)(H,24,25,26);1-6,26-27H,7H2,(H,14,15,16)(H,17,18,19)(H,20,21,22)(H,23,24,25). The summed E-state index contributed by atoms with van der Waals surface area (Å²) >= 11 is 0. The van der Waals surface area contributed by atoms with E-state index in [1.54, 1.807) is 0 Å². The summed E-state index contributed by atoms with van der Waals surface area (Å²) in [4.78, 5) is -8.12. The predicted octanol–water partition coefficient (Wildman–Crippen LogP) is -0.0801. The quantitative estimate of drug-likeness (QED) is 0.0389. The van der Waals surface area contributed by atoms with Gasteiger partial charge in [-0.25, -0.2) is 0 Å². The molecule has 0 aliphatic heterocycles. The van der Waals surface area contributed by atoms with E-state index in [0.29, 0.717) is 0 Å². The van der Waals surface area contributed by atoms with Gasteiger partial charge in [-0.3, -0.25) is 36.4 Å². The van der Waals surface area contributed by atoms with Gasteiger partial charge in [0.15, 0.2) is 0 Å². The topological polar surface area (TPSA) is 435 Å². The lowest BCUT2D eigenvalue weighted by molar-refractivity contribution is 0.467. The largest absolute Gasteiger partial charge is 0.296 e. The molecule has 36 heteroatoms. The van der Waals surface area contributed by atoms with Gasteiger partial charge in [0, 0.05) is 0 Å². The van der Waals surface area contributed by atoms with Gasteiger partial charge in [0.05, 0.1) is 0 Å². The third-order valence-electron chi connectivity index (χ3n) is 7.37. The summed E-state index contributed by atoms with van der Waals surface area (Å²) < 4.78 is 259. The van der Waals surface area contributed by atoms with Crippen LogP contribution in [0.3, 0.4) is 0 Å². The summed E-state index contributed by atoms with van der Waals surface area (Å²) in [6.45, 7) is 0. The Kier molecular flexibility index (Phi) is 17.9. The molecule has 63 heavy (non-hydrogen) atoms. The second-order valence-electron chi connectivity index (χ2n) is 11.7. The van der Waals surface area contributed by atoms with Gasteiger partial charge in [-0.2, -0.15) is 67.3 Å². The van der Waals surface area contributed by atoms with Crippen molar-refractivity contribution in [3.8, 4) is 0 Å². The average Bonchev–Trinajstić information content (AvgIpc) is 3.10. The van der Waals surface area contributed by atoms with Crippen LogP contribution in [-0.4, -0.2) is 122 Å². The van der Waals surface area contributed by atoms with Crippen molar-refractivity contribution in [2.45, 2.75) is 39.2 Å². The Hall–Kier alpha value is -2.12. The zero-order valence-electron chi connectivity index (χ0n) is 30.4. The zero-order chi connectivity index (χ0) is 48.4. The van der Waals surface area contributed by atoms with Gasteiger partial charge in [-0.05, 0) is 63.7 Å². The molecule has 8 N–H and O–H groups in total. The second kappa shape index (κ2) is 20.4. The molecule has 4 rings (SSSR count). The lowest BCUT2D eigenvalue weighted by Crippen LogP contribution is -2.18. The maximum absolute atomic E-state index is 11.7. The number of hydrogen-bond acceptors (Lipinski definition) is 16. The molecular weight excluding hydrogens is 1090 g/mol. The van der Waals surface area contributed by atoms with Crippen molar-refractivity contribution in [3.05, 3.63) is 72.8 Å². The van der Waals surface area contributed by atoms with E-state index in [9.17, 15) is 104 Å². The van der Waals surface area contributed by atoms with Crippen molar-refractivity contribution in [1.82, 2.24) is 0 Å². The maximum Gasteiger partial charge on any atom is 0.296 e. The smallest absolute Gasteiger partial charge is 0.282 e. The molecule has 0 spiro atoms. The van der Waals surface area contributed by atoms with Crippen LogP contribution in [0.4, 0.5) is 0 Å². The molecule has 0 amide bonds. The van der Waals surface area contributed by atoms with E-state index in [4.69, 9.17) is 0 Å². The molecule has 350 valence electrons. The van der Waals surface area contributed by atoms with E-state index in [-0.39, 0.29) is 39.4 Å². The first-order valence-electron chi connectivity index (χ1n) is 15.7. The minimum atomic E-state index is -5.08. The van der Waals surface area contributed by atoms with E-state index in [2.05, 4.69) is 0 Å². The summed E-state index contributed by atoms with van der Waals surface area (Å²) in [6.07, 6.45) is 0.272. The van der Waals surface area contributed by atoms with E-state index >= 15 is 0 Å². The second-order valence-corrected chi connectivity index (χ2v) is 28.7. The van der Waals surface area contributed by atoms with E-state index in [0.717, 1.165) is 48.5 Å². The lowest BCUT2D eigenvalue weighted by Gasteiger charge is -2.13. The van der Waals surface area contributed by atoms with Gasteiger partial charge >= 0.3 is 0 Å². The molecule has 4 unspecified atom stereocenters. The van der Waals surface area contributed by atoms with Crippen LogP contribution in [0.25, 0.3) is 0 Å². The van der Waals surface area contributed by atoms with Crippen LogP contribution in [0, 0.1) is 0 Å². The first-order valence-corrected chi connectivity index (χ1v) is 32.0. The molecule has 4 aromatic rings. The Morgan fingerprint density at radius 1 is 0.286 bits per heavy atom. The summed E-state index contributed by atoms with van der Waals surface area (Å²) in [5.41, 5.74) is 0. The van der Waals surface area contributed by atoms with E-state index in [1.165, 1.54) is 24.3 Å². The summed E-state index contributed by atoms with van der Waals surface area (Å²) in [6, 6.07) is 12.5. The number of hydrogen-bond donors (Lipinski definition) is 8. The number of benzene rings is 4. The fourth-order valence-electron chi connectivity index (χ4n) is 5.13. The molecule has 0 fully saturated rings. The van der Waals surface area contributed by atoms with Crippen molar-refractivity contribution in [2.75, 3.05) is 18.2 Å². The molecule has 24 nitrogen and oxygen atoms in total. The highest BCUT2D eigenvalue weighted by molar-refractivity contribution is 7.91. The first-order chi connectivity index (χ1) is 28.4. The van der Waals surface area contributed by atoms with E-state index < -0.39 is 154 Å². The molecular formula is C27H30O24P4S8. The molecule has 0 aromatic heterocycles. The van der Waals surface area contributed by atoms with Gasteiger partial charge in [0.25, 0.3) is 80.9 Å². The van der Waals surface area contributed by atoms with Crippen LogP contribution < -0.4 is 21.2 Å². The Bertz CT molecular complexity index is 3140. The third kappa shape index (κ3) is 15.2.